The van der Waals surface area contributed by atoms with Gasteiger partial charge in [-0.15, -0.1) is 0 Å². The summed E-state index contributed by atoms with van der Waals surface area (Å²) in [5.74, 6) is -1.23. The molecule has 0 saturated carbocycles. The molecule has 2 saturated heterocycles. The van der Waals surface area contributed by atoms with Gasteiger partial charge in [0.2, 0.25) is 5.91 Å². The Morgan fingerprint density at radius 3 is 2.42 bits per heavy atom. The first-order chi connectivity index (χ1) is 17.9. The van der Waals surface area contributed by atoms with E-state index in [0.29, 0.717) is 29.6 Å². The molecule has 2 fully saturated rings. The lowest BCUT2D eigenvalue weighted by Gasteiger charge is -2.53. The summed E-state index contributed by atoms with van der Waals surface area (Å²) in [5, 5.41) is 11.1. The summed E-state index contributed by atoms with van der Waals surface area (Å²) in [6.45, 7) is 10.9. The second-order valence-corrected chi connectivity index (χ2v) is 12.5. The van der Waals surface area contributed by atoms with E-state index in [1.165, 1.54) is 0 Å². The number of carbonyl (C=O) groups is 2. The largest absolute Gasteiger partial charge is 0.481 e. The maximum Gasteiger partial charge on any atom is 0.304 e. The van der Waals surface area contributed by atoms with Gasteiger partial charge in [-0.3, -0.25) is 14.5 Å². The second-order valence-electron chi connectivity index (χ2n) is 11.6. The molecule has 6 nitrogen and oxygen atoms in total. The third-order valence-corrected chi connectivity index (χ3v) is 8.46. The summed E-state index contributed by atoms with van der Waals surface area (Å²) in [6.07, 6.45) is 0.913. The van der Waals surface area contributed by atoms with E-state index in [0.717, 1.165) is 30.6 Å². The first-order valence-electron chi connectivity index (χ1n) is 13.3. The maximum atomic E-state index is 14.4. The van der Waals surface area contributed by atoms with E-state index < -0.39 is 11.4 Å². The number of hydrogen-bond acceptors (Lipinski definition) is 4. The Balaban J connectivity index is 1.83. The highest BCUT2D eigenvalue weighted by Crippen LogP contribution is 2.52. The zero-order valence-electron chi connectivity index (χ0n) is 22.6. The van der Waals surface area contributed by atoms with Gasteiger partial charge >= 0.3 is 5.97 Å². The molecule has 1 amide bonds. The predicted octanol–water partition coefficient (Wildman–Crippen LogP) is 6.42. The lowest BCUT2D eigenvalue weighted by atomic mass is 9.67. The molecule has 0 aromatic heterocycles. The molecule has 2 aliphatic heterocycles. The minimum Gasteiger partial charge on any atom is -0.481 e. The molecule has 4 atom stereocenters. The number of halogens is 2. The summed E-state index contributed by atoms with van der Waals surface area (Å²) in [4.78, 5) is 30.8. The van der Waals surface area contributed by atoms with Crippen LogP contribution in [0.15, 0.2) is 48.5 Å². The average molecular weight is 562 g/mol. The number of benzene rings is 2. The van der Waals surface area contributed by atoms with Crippen LogP contribution >= 0.6 is 23.2 Å². The van der Waals surface area contributed by atoms with Gasteiger partial charge < -0.3 is 14.7 Å². The van der Waals surface area contributed by atoms with Gasteiger partial charge in [0, 0.05) is 41.6 Å². The molecule has 2 heterocycles. The van der Waals surface area contributed by atoms with Gasteiger partial charge in [-0.25, -0.2) is 0 Å². The van der Waals surface area contributed by atoms with Gasteiger partial charge in [-0.1, -0.05) is 61.3 Å². The molecule has 8 heteroatoms. The van der Waals surface area contributed by atoms with Crippen LogP contribution in [-0.4, -0.2) is 64.7 Å². The Morgan fingerprint density at radius 2 is 1.82 bits per heavy atom. The molecule has 4 rings (SSSR count). The number of carboxylic acid groups (broad SMARTS) is 1. The monoisotopic (exact) mass is 560 g/mol. The van der Waals surface area contributed by atoms with Crippen molar-refractivity contribution in [2.24, 2.45) is 5.41 Å². The third-order valence-electron chi connectivity index (χ3n) is 7.97. The molecule has 2 aromatic carbocycles. The highest BCUT2D eigenvalue weighted by molar-refractivity contribution is 6.30. The fourth-order valence-corrected chi connectivity index (χ4v) is 6.59. The van der Waals surface area contributed by atoms with Gasteiger partial charge in [-0.2, -0.15) is 0 Å². The molecule has 4 unspecified atom stereocenters. The molecule has 2 aliphatic rings. The topological polar surface area (TPSA) is 70.1 Å². The molecule has 2 aromatic rings. The van der Waals surface area contributed by atoms with E-state index in [1.807, 2.05) is 53.4 Å². The van der Waals surface area contributed by atoms with Crippen molar-refractivity contribution >= 4 is 35.1 Å². The number of likely N-dealkylation sites (tertiary alicyclic amines) is 1. The number of ether oxygens (including phenoxy) is 1. The Morgan fingerprint density at radius 1 is 1.11 bits per heavy atom. The molecule has 0 spiro atoms. The fourth-order valence-electron chi connectivity index (χ4n) is 6.26. The summed E-state index contributed by atoms with van der Waals surface area (Å²) < 4.78 is 5.93. The summed E-state index contributed by atoms with van der Waals surface area (Å²) in [5.41, 5.74) is 0.651. The molecule has 0 bridgehead atoms. The highest BCUT2D eigenvalue weighted by Gasteiger charge is 2.52. The van der Waals surface area contributed by atoms with Crippen LogP contribution in [-0.2, 0) is 14.3 Å². The van der Waals surface area contributed by atoms with E-state index in [2.05, 4.69) is 25.7 Å². The maximum absolute atomic E-state index is 14.4. The molecule has 38 heavy (non-hydrogen) atoms. The lowest BCUT2D eigenvalue weighted by molar-refractivity contribution is -0.162. The van der Waals surface area contributed by atoms with Gasteiger partial charge in [-0.05, 0) is 62.1 Å². The minimum atomic E-state index is -1.06. The van der Waals surface area contributed by atoms with Crippen molar-refractivity contribution in [1.29, 1.82) is 0 Å². The molecule has 206 valence electrons. The molecule has 0 aliphatic carbocycles. The van der Waals surface area contributed by atoms with Crippen molar-refractivity contribution in [3.8, 4) is 0 Å². The number of carboxylic acids is 1. The van der Waals surface area contributed by atoms with Crippen LogP contribution in [0.25, 0.3) is 0 Å². The third kappa shape index (κ3) is 6.36. The normalized spacial score (nSPS) is 26.8. The Labute approximate surface area is 235 Å². The van der Waals surface area contributed by atoms with E-state index >= 15 is 0 Å². The van der Waals surface area contributed by atoms with E-state index in [1.54, 1.807) is 6.92 Å². The highest BCUT2D eigenvalue weighted by atomic mass is 35.5. The zero-order chi connectivity index (χ0) is 27.7. The van der Waals surface area contributed by atoms with Crippen molar-refractivity contribution in [3.05, 3.63) is 69.7 Å². The van der Waals surface area contributed by atoms with Gasteiger partial charge in [0.25, 0.3) is 0 Å². The van der Waals surface area contributed by atoms with Crippen LogP contribution in [0, 0.1) is 5.41 Å². The number of hydrogen-bond donors (Lipinski definition) is 1. The Bertz CT molecular complexity index is 1160. The van der Waals surface area contributed by atoms with Crippen molar-refractivity contribution in [2.45, 2.75) is 70.6 Å². The number of nitrogens with zero attached hydrogens (tertiary/aromatic N) is 2. The number of carbonyl (C=O) groups excluding carboxylic acids is 1. The van der Waals surface area contributed by atoms with Crippen LogP contribution in [0.3, 0.4) is 0 Å². The zero-order valence-corrected chi connectivity index (χ0v) is 24.1. The molecular formula is C30H38Cl2N2O4. The van der Waals surface area contributed by atoms with Crippen LogP contribution in [0.4, 0.5) is 0 Å². The number of piperidine rings is 1. The van der Waals surface area contributed by atoms with Crippen LogP contribution in [0.5, 0.6) is 0 Å². The average Bonchev–Trinajstić information content (AvgIpc) is 2.84. The van der Waals surface area contributed by atoms with Crippen molar-refractivity contribution in [3.63, 3.8) is 0 Å². The lowest BCUT2D eigenvalue weighted by Crippen LogP contribution is -2.59. The number of aliphatic carboxylic acids is 1. The van der Waals surface area contributed by atoms with Gasteiger partial charge in [0.05, 0.1) is 30.1 Å². The van der Waals surface area contributed by atoms with E-state index in [-0.39, 0.29) is 35.9 Å². The van der Waals surface area contributed by atoms with Crippen molar-refractivity contribution < 1.29 is 19.4 Å². The Hall–Kier alpha value is -2.12. The number of amides is 1. The molecule has 0 radical (unpaired) electrons. The Kier molecular flexibility index (Phi) is 8.78. The van der Waals surface area contributed by atoms with Gasteiger partial charge in [0.1, 0.15) is 0 Å². The number of morpholine rings is 1. The number of rotatable bonds is 8. The van der Waals surface area contributed by atoms with Crippen LogP contribution < -0.4 is 0 Å². The fraction of sp³-hybridized carbons (Fsp3) is 0.533. The van der Waals surface area contributed by atoms with E-state index in [9.17, 15) is 14.7 Å². The molecular weight excluding hydrogens is 523 g/mol. The van der Waals surface area contributed by atoms with Crippen molar-refractivity contribution in [2.75, 3.05) is 26.2 Å². The first kappa shape index (κ1) is 28.9. The first-order valence-corrected chi connectivity index (χ1v) is 14.1. The summed E-state index contributed by atoms with van der Waals surface area (Å²) >= 11 is 12.7. The van der Waals surface area contributed by atoms with Gasteiger partial charge in [0.15, 0.2) is 0 Å². The SMILES string of the molecule is CCC(CN1CCOC(C)(C)C1)N1C(=O)C(C)(CC(=O)O)CC(c2cccc(Cl)c2)C1c1ccc(Cl)cc1. The standard InChI is InChI=1S/C30H38Cl2N2O4/c1-5-24(18-33-13-14-38-29(2,3)19-33)34-27(20-9-11-22(31)12-10-20)25(21-7-6-8-23(32)15-21)16-30(4,28(34)37)17-26(35)36/h6-12,15,24-25,27H,5,13-14,16-19H2,1-4H3,(H,35,36). The summed E-state index contributed by atoms with van der Waals surface area (Å²) in [6, 6.07) is 15.0. The second kappa shape index (κ2) is 11.5. The smallest absolute Gasteiger partial charge is 0.304 e. The quantitative estimate of drug-likeness (QED) is 0.403. The van der Waals surface area contributed by atoms with Crippen LogP contribution in [0.2, 0.25) is 10.0 Å². The van der Waals surface area contributed by atoms with E-state index in [4.69, 9.17) is 27.9 Å². The predicted molar refractivity (Wildman–Crippen MR) is 151 cm³/mol. The summed E-state index contributed by atoms with van der Waals surface area (Å²) in [7, 11) is 0. The van der Waals surface area contributed by atoms with Crippen LogP contribution in [0.1, 0.15) is 70.0 Å². The van der Waals surface area contributed by atoms with Crippen molar-refractivity contribution in [1.82, 2.24) is 9.80 Å². The minimum absolute atomic E-state index is 0.113. The molecule has 1 N–H and O–H groups in total.